The summed E-state index contributed by atoms with van der Waals surface area (Å²) in [6.07, 6.45) is 0.328. The predicted octanol–water partition coefficient (Wildman–Crippen LogP) is 1.79. The fraction of sp³-hybridized carbons (Fsp3) is 0.480. The lowest BCUT2D eigenvalue weighted by Crippen LogP contribution is -2.52. The Morgan fingerprint density at radius 1 is 1.14 bits per heavy atom. The molecule has 1 aromatic carbocycles. The number of carbonyl (C=O) groups excluding carboxylic acids is 3. The standard InChI is InChI=1S/C25H30N6O4/c1-16(2)22-26-17(3)14-20(27-22)29-9-11-30(12-10-29)21(32)15-31-23(33)25(28-24(31)34)8-13-35-19-7-5-4-6-18(19)25/h4-7,14,16H,8-13,15H2,1-3H3,(H,28,34)/t25-/m1/s1. The highest BCUT2D eigenvalue weighted by atomic mass is 16.5. The summed E-state index contributed by atoms with van der Waals surface area (Å²) in [7, 11) is 0. The summed E-state index contributed by atoms with van der Waals surface area (Å²) in [6, 6.07) is 8.62. The van der Waals surface area contributed by atoms with E-state index in [0.717, 1.165) is 22.2 Å². The molecule has 10 nitrogen and oxygen atoms in total. The van der Waals surface area contributed by atoms with Crippen LogP contribution in [0.4, 0.5) is 10.6 Å². The van der Waals surface area contributed by atoms with Gasteiger partial charge in [-0.2, -0.15) is 0 Å². The minimum atomic E-state index is -1.18. The van der Waals surface area contributed by atoms with Gasteiger partial charge in [0.15, 0.2) is 5.54 Å². The van der Waals surface area contributed by atoms with Crippen molar-refractivity contribution in [1.29, 1.82) is 0 Å². The fourth-order valence-electron chi connectivity index (χ4n) is 4.93. The van der Waals surface area contributed by atoms with E-state index in [1.807, 2.05) is 25.1 Å². The number of amides is 4. The van der Waals surface area contributed by atoms with Gasteiger partial charge in [-0.25, -0.2) is 14.8 Å². The Morgan fingerprint density at radius 3 is 2.63 bits per heavy atom. The second-order valence-corrected chi connectivity index (χ2v) is 9.57. The minimum Gasteiger partial charge on any atom is -0.493 e. The van der Waals surface area contributed by atoms with Gasteiger partial charge in [-0.3, -0.25) is 14.5 Å². The third kappa shape index (κ3) is 4.06. The molecule has 0 aliphatic carbocycles. The Kier molecular flexibility index (Phi) is 5.82. The molecule has 1 aromatic heterocycles. The van der Waals surface area contributed by atoms with Gasteiger partial charge < -0.3 is 19.9 Å². The van der Waals surface area contributed by atoms with E-state index in [1.54, 1.807) is 17.0 Å². The molecule has 2 saturated heterocycles. The normalized spacial score (nSPS) is 21.9. The summed E-state index contributed by atoms with van der Waals surface area (Å²) in [4.78, 5) is 53.4. The molecule has 4 amide bonds. The number of carbonyl (C=O) groups is 3. The largest absolute Gasteiger partial charge is 0.493 e. The number of rotatable bonds is 4. The van der Waals surface area contributed by atoms with Crippen LogP contribution in [0.15, 0.2) is 30.3 Å². The topological polar surface area (TPSA) is 108 Å². The van der Waals surface area contributed by atoms with Gasteiger partial charge in [0, 0.05) is 55.8 Å². The average molecular weight is 479 g/mol. The van der Waals surface area contributed by atoms with Gasteiger partial charge in [0.2, 0.25) is 5.91 Å². The molecule has 3 aliphatic heterocycles. The van der Waals surface area contributed by atoms with Crippen molar-refractivity contribution >= 4 is 23.7 Å². The van der Waals surface area contributed by atoms with E-state index in [0.29, 0.717) is 50.5 Å². The lowest BCUT2D eigenvalue weighted by molar-refractivity contribution is -0.139. The number of hydrogen-bond donors (Lipinski definition) is 1. The summed E-state index contributed by atoms with van der Waals surface area (Å²) in [5.41, 5.74) is 0.373. The SMILES string of the molecule is Cc1cc(N2CCN(C(=O)CN3C(=O)N[C@@]4(CCOc5ccccc54)C3=O)CC2)nc(C(C)C)n1. The summed E-state index contributed by atoms with van der Waals surface area (Å²) < 4.78 is 5.67. The Morgan fingerprint density at radius 2 is 1.89 bits per heavy atom. The number of benzene rings is 1. The molecule has 5 rings (SSSR count). The number of nitrogens with zero attached hydrogens (tertiary/aromatic N) is 5. The number of ether oxygens (including phenoxy) is 1. The maximum atomic E-state index is 13.4. The van der Waals surface area contributed by atoms with Gasteiger partial charge in [0.1, 0.15) is 23.9 Å². The van der Waals surface area contributed by atoms with Crippen LogP contribution in [0.2, 0.25) is 0 Å². The number of hydrogen-bond acceptors (Lipinski definition) is 7. The molecular formula is C25H30N6O4. The maximum Gasteiger partial charge on any atom is 0.325 e. The lowest BCUT2D eigenvalue weighted by Gasteiger charge is -2.36. The van der Waals surface area contributed by atoms with Gasteiger partial charge in [-0.05, 0) is 13.0 Å². The number of anilines is 1. The Bertz CT molecular complexity index is 1180. The summed E-state index contributed by atoms with van der Waals surface area (Å²) >= 11 is 0. The van der Waals surface area contributed by atoms with Gasteiger partial charge >= 0.3 is 6.03 Å². The summed E-state index contributed by atoms with van der Waals surface area (Å²) in [5, 5.41) is 2.85. The van der Waals surface area contributed by atoms with Crippen LogP contribution >= 0.6 is 0 Å². The molecule has 2 fully saturated rings. The third-order valence-electron chi connectivity index (χ3n) is 6.88. The molecule has 1 N–H and O–H groups in total. The van der Waals surface area contributed by atoms with Crippen molar-refractivity contribution in [3.05, 3.63) is 47.4 Å². The number of nitrogens with one attached hydrogen (secondary N) is 1. The van der Waals surface area contributed by atoms with Crippen LogP contribution in [0.1, 0.15) is 43.3 Å². The smallest absolute Gasteiger partial charge is 0.325 e. The molecule has 4 heterocycles. The lowest BCUT2D eigenvalue weighted by atomic mass is 9.84. The van der Waals surface area contributed by atoms with Crippen molar-refractivity contribution in [3.63, 3.8) is 0 Å². The molecule has 0 bridgehead atoms. The maximum absolute atomic E-state index is 13.4. The number of piperazine rings is 1. The number of fused-ring (bicyclic) bond motifs is 2. The highest BCUT2D eigenvalue weighted by Crippen LogP contribution is 2.40. The summed E-state index contributed by atoms with van der Waals surface area (Å²) in [6.45, 7) is 8.34. The van der Waals surface area contributed by atoms with Crippen LogP contribution in [-0.4, -0.2) is 76.9 Å². The first-order chi connectivity index (χ1) is 16.8. The van der Waals surface area contributed by atoms with E-state index in [-0.39, 0.29) is 18.4 Å². The highest BCUT2D eigenvalue weighted by molar-refractivity contribution is 6.09. The quantitative estimate of drug-likeness (QED) is 0.668. The zero-order valence-corrected chi connectivity index (χ0v) is 20.3. The van der Waals surface area contributed by atoms with Gasteiger partial charge in [0.05, 0.1) is 6.61 Å². The number of aryl methyl sites for hydroxylation is 1. The molecule has 2 aromatic rings. The van der Waals surface area contributed by atoms with E-state index in [4.69, 9.17) is 9.72 Å². The number of para-hydroxylation sites is 1. The van der Waals surface area contributed by atoms with Gasteiger partial charge in [0.25, 0.3) is 5.91 Å². The molecule has 0 saturated carbocycles. The van der Waals surface area contributed by atoms with E-state index < -0.39 is 17.5 Å². The van der Waals surface area contributed by atoms with Crippen molar-refractivity contribution in [2.24, 2.45) is 0 Å². The fourth-order valence-corrected chi connectivity index (χ4v) is 4.93. The van der Waals surface area contributed by atoms with Gasteiger partial charge in [-0.15, -0.1) is 0 Å². The first kappa shape index (κ1) is 23.1. The van der Waals surface area contributed by atoms with E-state index in [9.17, 15) is 14.4 Å². The predicted molar refractivity (Wildman–Crippen MR) is 128 cm³/mol. The number of imide groups is 1. The Labute approximate surface area is 204 Å². The van der Waals surface area contributed by atoms with Crippen molar-refractivity contribution in [1.82, 2.24) is 25.1 Å². The van der Waals surface area contributed by atoms with E-state index >= 15 is 0 Å². The molecule has 10 heteroatoms. The van der Waals surface area contributed by atoms with Crippen molar-refractivity contribution < 1.29 is 19.1 Å². The van der Waals surface area contributed by atoms with Crippen LogP contribution in [0.5, 0.6) is 5.75 Å². The molecule has 1 spiro atoms. The molecule has 0 unspecified atom stereocenters. The zero-order chi connectivity index (χ0) is 24.7. The third-order valence-corrected chi connectivity index (χ3v) is 6.88. The van der Waals surface area contributed by atoms with Crippen molar-refractivity contribution in [2.75, 3.05) is 44.2 Å². The molecule has 184 valence electrons. The molecule has 1 atom stereocenters. The van der Waals surface area contributed by atoms with E-state index in [2.05, 4.69) is 29.0 Å². The summed E-state index contributed by atoms with van der Waals surface area (Å²) in [5.74, 6) is 1.84. The molecule has 0 radical (unpaired) electrons. The van der Waals surface area contributed by atoms with Crippen LogP contribution in [-0.2, 0) is 15.1 Å². The van der Waals surface area contributed by atoms with Crippen LogP contribution in [0.3, 0.4) is 0 Å². The van der Waals surface area contributed by atoms with E-state index in [1.165, 1.54) is 0 Å². The first-order valence-electron chi connectivity index (χ1n) is 12.0. The molecular weight excluding hydrogens is 448 g/mol. The molecule has 3 aliphatic rings. The monoisotopic (exact) mass is 478 g/mol. The van der Waals surface area contributed by atoms with Gasteiger partial charge in [-0.1, -0.05) is 32.0 Å². The second kappa shape index (κ2) is 8.83. The van der Waals surface area contributed by atoms with Crippen molar-refractivity contribution in [2.45, 2.75) is 38.6 Å². The highest BCUT2D eigenvalue weighted by Gasteiger charge is 2.55. The second-order valence-electron chi connectivity index (χ2n) is 9.57. The number of aromatic nitrogens is 2. The Hall–Kier alpha value is -3.69. The Balaban J connectivity index is 1.25. The van der Waals surface area contributed by atoms with Crippen LogP contribution in [0.25, 0.3) is 0 Å². The van der Waals surface area contributed by atoms with Crippen LogP contribution in [0, 0.1) is 6.92 Å². The van der Waals surface area contributed by atoms with Crippen molar-refractivity contribution in [3.8, 4) is 5.75 Å². The zero-order valence-electron chi connectivity index (χ0n) is 20.3. The number of urea groups is 1. The van der Waals surface area contributed by atoms with Crippen LogP contribution < -0.4 is 15.0 Å². The average Bonchev–Trinajstić information content (AvgIpc) is 3.08. The molecule has 35 heavy (non-hydrogen) atoms. The minimum absolute atomic E-state index is 0.228. The first-order valence-corrected chi connectivity index (χ1v) is 12.0.